The first-order chi connectivity index (χ1) is 63.7. The Morgan fingerprint density at radius 1 is 0.319 bits per heavy atom. The highest BCUT2D eigenvalue weighted by Crippen LogP contribution is 2.03. The average Bonchev–Trinajstić information content (AvgIpc) is 0.933. The lowest BCUT2D eigenvalue weighted by molar-refractivity contribution is 0.165. The zero-order chi connectivity index (χ0) is 111. The van der Waals surface area contributed by atoms with Crippen molar-refractivity contribution < 1.29 is 150 Å². The van der Waals surface area contributed by atoms with Crippen molar-refractivity contribution >= 4 is 99.7 Å². The molecule has 0 bridgehead atoms. The van der Waals surface area contributed by atoms with Crippen LogP contribution in [0.5, 0.6) is 0 Å². The van der Waals surface area contributed by atoms with E-state index in [0.29, 0.717) is 122 Å². The van der Waals surface area contributed by atoms with Gasteiger partial charge < -0.3 is 240 Å². The highest BCUT2D eigenvalue weighted by molar-refractivity contribution is 6.44. The second kappa shape index (κ2) is 118. The Balaban J connectivity index is -0.000000111. The Morgan fingerprint density at radius 2 is 0.623 bits per heavy atom. The van der Waals surface area contributed by atoms with Gasteiger partial charge in [-0.25, -0.2) is 0 Å². The summed E-state index contributed by atoms with van der Waals surface area (Å²) in [6.07, 6.45) is 13.0. The number of likely N-dealkylation sites (N-methyl/N-ethyl adjacent to an activating group) is 6. The van der Waals surface area contributed by atoms with Gasteiger partial charge in [-0.2, -0.15) is 0 Å². The molecule has 1 rings (SSSR count). The molecule has 0 atom stereocenters. The van der Waals surface area contributed by atoms with Gasteiger partial charge in [0.25, 0.3) is 0 Å². The summed E-state index contributed by atoms with van der Waals surface area (Å²) in [7, 11) is 23.4. The lowest BCUT2D eigenvalue weighted by Crippen LogP contribution is -2.36. The first kappa shape index (κ1) is 164. The molecular formula is C75H199B14N19O30. The van der Waals surface area contributed by atoms with Crippen molar-refractivity contribution in [3.8, 4) is 12.3 Å². The van der Waals surface area contributed by atoms with Crippen molar-refractivity contribution in [3.05, 3.63) is 35.9 Å². The monoisotopic (exact) mass is 2000 g/mol. The number of ether oxygens (including phenoxy) is 2. The van der Waals surface area contributed by atoms with Gasteiger partial charge in [-0.1, -0.05) is 63.9 Å². The van der Waals surface area contributed by atoms with E-state index < -0.39 is 99.7 Å². The first-order valence-electron chi connectivity index (χ1n) is 46.2. The molecule has 0 aliphatic carbocycles. The summed E-state index contributed by atoms with van der Waals surface area (Å²) in [5.74, 6) is 2.95. The van der Waals surface area contributed by atoms with Gasteiger partial charge in [0.1, 0.15) is 0 Å². The molecule has 0 aromatic heterocycles. The molecule has 1 aromatic rings. The SMILES string of the molecule is C#CCN(C)CB(O)O.CC(C)CN(C)CB(O)O.CC(C)N(C)CB(O)O.CCCN(C)CB(O)O.CCN(C)CB(O)O.CN(C)CB(O)O.CN(C)CCCN(C)CB(O)O.CN(C)CCN(C)CB(O)O.CN(CB(O)O)Cc1ccccc1.CN(CCCN)CB(O)O.CN(CCN)CB(O)O.CNCCN(C)CB(O)O.COCCCN(C)CB(O)O.COCCN(C)CB(O)O. The number of methoxy groups -OCH3 is 2. The lowest BCUT2D eigenvalue weighted by Gasteiger charge is -2.19. The van der Waals surface area contributed by atoms with Gasteiger partial charge in [0, 0.05) is 169 Å². The van der Waals surface area contributed by atoms with Crippen LogP contribution in [0.2, 0.25) is 0 Å². The van der Waals surface area contributed by atoms with Crippen LogP contribution >= 0.6 is 0 Å². The Hall–Kier alpha value is -2.27. The molecule has 0 radical (unpaired) electrons. The average molecular weight is 2000 g/mol. The van der Waals surface area contributed by atoms with E-state index in [2.05, 4.69) is 41.8 Å². The summed E-state index contributed by atoms with van der Waals surface area (Å²) < 4.78 is 9.63. The maximum absolute atomic E-state index is 8.71. The van der Waals surface area contributed by atoms with Gasteiger partial charge in [-0.3, -0.25) is 4.90 Å². The summed E-state index contributed by atoms with van der Waals surface area (Å²) in [5, 5.41) is 241. The van der Waals surface area contributed by atoms with Crippen molar-refractivity contribution in [1.29, 1.82) is 0 Å². The molecule has 0 spiro atoms. The maximum Gasteiger partial charge on any atom is 0.466 e. The molecule has 63 heteroatoms. The summed E-state index contributed by atoms with van der Waals surface area (Å²) in [4.78, 5) is 29.7. The maximum atomic E-state index is 8.71. The smallest absolute Gasteiger partial charge is 0.426 e. The molecular weight excluding hydrogens is 1800 g/mol. The van der Waals surface area contributed by atoms with Crippen LogP contribution in [-0.4, -0.2) is 688 Å². The van der Waals surface area contributed by atoms with Gasteiger partial charge in [0.2, 0.25) is 0 Å². The predicted molar refractivity (Wildman–Crippen MR) is 571 cm³/mol. The van der Waals surface area contributed by atoms with Crippen LogP contribution in [0, 0.1) is 18.3 Å². The van der Waals surface area contributed by atoms with Gasteiger partial charge >= 0.3 is 99.7 Å². The molecule has 49 nitrogen and oxygen atoms in total. The fourth-order valence-corrected chi connectivity index (χ4v) is 9.90. The zero-order valence-electron chi connectivity index (χ0n) is 90.0. The van der Waals surface area contributed by atoms with Crippen LogP contribution in [-0.2, 0) is 16.0 Å². The Morgan fingerprint density at radius 3 is 0.899 bits per heavy atom. The highest BCUT2D eigenvalue weighted by Gasteiger charge is 2.19. The quantitative estimate of drug-likeness (QED) is 0.0164. The van der Waals surface area contributed by atoms with Crippen molar-refractivity contribution in [3.63, 3.8) is 0 Å². The molecule has 1 aromatic carbocycles. The Kier molecular flexibility index (Phi) is 140. The standard InChI is InChI=1S/C9H14BNO2.C7H19BN2O2.C6H17BN2O2.C6H16BNO3.C6H16BNO2.2C5H15BN2O2.C5H14BNO3.2C5H14BNO2.C5H10BNO2.C4H13BN2O2.C4H12BNO2.C3H10BNO2/c1-11(8-10(12)13)7-9-5-3-2-4-6-9;1-9(2)5-4-6-10(3)7-8(11)12;1-8(2)4-5-9(3)6-7(10)11;1-8(6-7(9)10)4-3-5-11-2;1-6(2)4-8(3)5-7(9)10;1-7-3-4-8(2)5-6(9)10;1-8(4-2-3-7)5-6(9)10;1-7(3-4-10-2)5-6(8)9;1-5(2)7(3)4-6(8)9;2*1-3-4-7(2)5-6(8)9;1-7(3-2-6)4-5(8)9;1-3-6(2)4-5(7)8;1-5(2)3-4(6)7/h2-6,12-13H,7-8H2,1H3;11-12H,4-7H2,1-3H3;10-11H,4-6H2,1-3H3;9-10H,3-6H2,1-2H3;6,9-10H,4-5H2,1-3H3;7,9-10H,3-5H2,1-2H3;9-10H,2-5,7H2,1H3;8-9H,3-5H2,1-2H3;5,8-9H,4H2,1-3H3;8-9H,3-5H2,1-2H3;1,8-9H,4-5H2,2H3;8-9H,2-4,6H2,1H3;7-8H,3-4H2,1-2H3;6-7H,3H2,1-2H3. The number of hydrogen-bond donors (Lipinski definition) is 31. The van der Waals surface area contributed by atoms with Gasteiger partial charge in [-0.15, -0.1) is 6.42 Å². The Labute approximate surface area is 838 Å². The third-order valence-corrected chi connectivity index (χ3v) is 16.7. The molecule has 0 aliphatic heterocycles. The second-order valence-corrected chi connectivity index (χ2v) is 34.5. The summed E-state index contributed by atoms with van der Waals surface area (Å²) in [5.41, 5.74) is 11.6. The third kappa shape index (κ3) is 185. The third-order valence-electron chi connectivity index (χ3n) is 16.7. The van der Waals surface area contributed by atoms with E-state index in [1.165, 1.54) is 5.56 Å². The first-order valence-corrected chi connectivity index (χ1v) is 46.2. The van der Waals surface area contributed by atoms with E-state index >= 15 is 0 Å². The van der Waals surface area contributed by atoms with E-state index in [-0.39, 0.29) is 25.8 Å². The Bertz CT molecular complexity index is 2430. The van der Waals surface area contributed by atoms with Gasteiger partial charge in [-0.05, 0) is 244 Å². The number of hydrogen-bond acceptors (Lipinski definition) is 49. The van der Waals surface area contributed by atoms with Gasteiger partial charge in [0.15, 0.2) is 0 Å². The number of benzene rings is 1. The van der Waals surface area contributed by atoms with Gasteiger partial charge in [0.05, 0.1) is 13.2 Å². The minimum Gasteiger partial charge on any atom is -0.426 e. The van der Waals surface area contributed by atoms with Crippen molar-refractivity contribution in [2.45, 2.75) is 79.8 Å². The van der Waals surface area contributed by atoms with Crippen molar-refractivity contribution in [2.24, 2.45) is 17.4 Å². The summed E-state index contributed by atoms with van der Waals surface area (Å²) in [6, 6.07) is 10.3. The molecule has 816 valence electrons. The fourth-order valence-electron chi connectivity index (χ4n) is 9.90. The fraction of sp³-hybridized carbons (Fsp3) is 0.893. The second-order valence-electron chi connectivity index (χ2n) is 34.5. The number of rotatable bonds is 59. The lowest BCUT2D eigenvalue weighted by atomic mass is 9.91. The molecule has 33 N–H and O–H groups in total. The van der Waals surface area contributed by atoms with Crippen molar-refractivity contribution in [1.82, 2.24) is 83.7 Å². The van der Waals surface area contributed by atoms with Crippen LogP contribution in [0.25, 0.3) is 0 Å². The number of nitrogens with one attached hydrogen (secondary N) is 1. The summed E-state index contributed by atoms with van der Waals surface area (Å²) >= 11 is 0. The largest absolute Gasteiger partial charge is 0.466 e. The number of terminal acetylenes is 1. The normalized spacial score (nSPS) is 10.5. The van der Waals surface area contributed by atoms with E-state index in [1.54, 1.807) is 69.1 Å². The van der Waals surface area contributed by atoms with Crippen LogP contribution in [0.4, 0.5) is 0 Å². The van der Waals surface area contributed by atoms with Crippen LogP contribution in [0.3, 0.4) is 0 Å². The van der Waals surface area contributed by atoms with E-state index in [0.717, 1.165) is 104 Å². The molecule has 0 amide bonds. The van der Waals surface area contributed by atoms with Crippen LogP contribution in [0.15, 0.2) is 30.3 Å². The molecule has 0 unspecified atom stereocenters. The topological polar surface area (TPSA) is 701 Å². The predicted octanol–water partition coefficient (Wildman–Crippen LogP) is -16.3. The molecule has 0 aliphatic rings. The number of nitrogens with two attached hydrogens (primary N) is 2. The molecule has 0 saturated heterocycles. The molecule has 0 saturated carbocycles. The molecule has 138 heavy (non-hydrogen) atoms. The molecule has 0 fully saturated rings. The number of nitrogens with zero attached hydrogens (tertiary/aromatic N) is 16. The van der Waals surface area contributed by atoms with E-state index in [9.17, 15) is 0 Å². The summed E-state index contributed by atoms with van der Waals surface area (Å²) in [6.45, 7) is 27.0. The zero-order valence-corrected chi connectivity index (χ0v) is 90.0. The highest BCUT2D eigenvalue weighted by atomic mass is 16.5. The van der Waals surface area contributed by atoms with Crippen LogP contribution in [0.1, 0.15) is 72.8 Å². The van der Waals surface area contributed by atoms with Crippen molar-refractivity contribution in [2.75, 3.05) is 363 Å². The van der Waals surface area contributed by atoms with Crippen LogP contribution < -0.4 is 16.8 Å². The minimum atomic E-state index is -1.29. The molecule has 0 heterocycles. The van der Waals surface area contributed by atoms with E-state index in [1.807, 2.05) is 206 Å². The van der Waals surface area contributed by atoms with E-state index in [4.69, 9.17) is 168 Å². The minimum absolute atomic E-state index is 0.199.